The van der Waals surface area contributed by atoms with E-state index >= 15 is 0 Å². The van der Waals surface area contributed by atoms with Crippen molar-refractivity contribution < 1.29 is 4.74 Å². The van der Waals surface area contributed by atoms with Gasteiger partial charge in [0.15, 0.2) is 0 Å². The van der Waals surface area contributed by atoms with Crippen LogP contribution in [0.1, 0.15) is 54.1 Å². The van der Waals surface area contributed by atoms with E-state index in [1.54, 1.807) is 0 Å². The molecule has 0 N–H and O–H groups in total. The van der Waals surface area contributed by atoms with Gasteiger partial charge < -0.3 is 14.5 Å². The Morgan fingerprint density at radius 2 is 1.94 bits per heavy atom. The number of piperazine rings is 1. The summed E-state index contributed by atoms with van der Waals surface area (Å²) >= 11 is 0. The number of aryl methyl sites for hydroxylation is 2. The van der Waals surface area contributed by atoms with Crippen molar-refractivity contribution in [2.24, 2.45) is 0 Å². The second-order valence-electron chi connectivity index (χ2n) is 9.25. The fourth-order valence-corrected chi connectivity index (χ4v) is 5.48. The molecule has 2 aliphatic heterocycles. The smallest absolute Gasteiger partial charge is 0.132 e. The van der Waals surface area contributed by atoms with Crippen LogP contribution in [-0.2, 0) is 11.2 Å². The van der Waals surface area contributed by atoms with E-state index in [0.29, 0.717) is 6.04 Å². The van der Waals surface area contributed by atoms with Crippen molar-refractivity contribution in [2.75, 3.05) is 51.8 Å². The van der Waals surface area contributed by atoms with E-state index < -0.39 is 0 Å². The van der Waals surface area contributed by atoms with Crippen LogP contribution in [-0.4, -0.2) is 77.7 Å². The predicted molar refractivity (Wildman–Crippen MR) is 121 cm³/mol. The molecule has 0 unspecified atom stereocenters. The van der Waals surface area contributed by atoms with Crippen molar-refractivity contribution in [3.05, 3.63) is 47.2 Å². The highest BCUT2D eigenvalue weighted by molar-refractivity contribution is 5.41. The van der Waals surface area contributed by atoms with Crippen molar-refractivity contribution in [1.82, 2.24) is 24.8 Å². The van der Waals surface area contributed by atoms with Crippen LogP contribution >= 0.6 is 0 Å². The first-order chi connectivity index (χ1) is 15.1. The minimum absolute atomic E-state index is 0.224. The third-order valence-corrected chi connectivity index (χ3v) is 7.21. The van der Waals surface area contributed by atoms with Crippen LogP contribution in [0.3, 0.4) is 0 Å². The summed E-state index contributed by atoms with van der Waals surface area (Å²) < 4.78 is 5.84. The molecular formula is C24H34N6O. The Kier molecular flexibility index (Phi) is 5.91. The lowest BCUT2D eigenvalue weighted by atomic mass is 9.90. The summed E-state index contributed by atoms with van der Waals surface area (Å²) in [7, 11) is 4.02. The van der Waals surface area contributed by atoms with Gasteiger partial charge in [-0.2, -0.15) is 0 Å². The summed E-state index contributed by atoms with van der Waals surface area (Å²) in [5.41, 5.74) is 3.78. The number of nitrogens with zero attached hydrogens (tertiary/aromatic N) is 6. The molecule has 31 heavy (non-hydrogen) atoms. The van der Waals surface area contributed by atoms with Gasteiger partial charge in [0.2, 0.25) is 0 Å². The molecule has 7 heteroatoms. The Labute approximate surface area is 185 Å². The average Bonchev–Trinajstić information content (AvgIpc) is 3.23. The number of methoxy groups -OCH3 is 1. The zero-order chi connectivity index (χ0) is 21.4. The summed E-state index contributed by atoms with van der Waals surface area (Å²) in [5.74, 6) is 1.92. The number of rotatable bonds is 4. The second kappa shape index (κ2) is 8.81. The SMILES string of the molecule is CO[C@@H]1C[C@H](c2cc(N3CCN(C)CC3)nc(C)n2)N([C@H]2CCCc3cccnc32)C1. The normalized spacial score (nSPS) is 27.5. The van der Waals surface area contributed by atoms with Crippen LogP contribution in [0.15, 0.2) is 24.4 Å². The number of ether oxygens (including phenoxy) is 1. The topological polar surface area (TPSA) is 57.6 Å². The molecule has 0 spiro atoms. The van der Waals surface area contributed by atoms with Crippen molar-refractivity contribution in [1.29, 1.82) is 0 Å². The fourth-order valence-electron chi connectivity index (χ4n) is 5.48. The Hall–Kier alpha value is -2.09. The van der Waals surface area contributed by atoms with Crippen molar-refractivity contribution in [3.63, 3.8) is 0 Å². The quantitative estimate of drug-likeness (QED) is 0.751. The summed E-state index contributed by atoms with van der Waals surface area (Å²) in [5, 5.41) is 0. The van der Waals surface area contributed by atoms with Crippen LogP contribution in [0.2, 0.25) is 0 Å². The molecule has 4 heterocycles. The maximum atomic E-state index is 5.84. The van der Waals surface area contributed by atoms with Gasteiger partial charge in [0.05, 0.1) is 29.6 Å². The first kappa shape index (κ1) is 20.8. The van der Waals surface area contributed by atoms with Crippen molar-refractivity contribution in [2.45, 2.75) is 50.8 Å². The molecule has 0 amide bonds. The van der Waals surface area contributed by atoms with Crippen LogP contribution in [0.5, 0.6) is 0 Å². The number of likely N-dealkylation sites (tertiary alicyclic amines) is 1. The summed E-state index contributed by atoms with van der Waals surface area (Å²) in [6.07, 6.45) is 6.61. The first-order valence-electron chi connectivity index (χ1n) is 11.6. The van der Waals surface area contributed by atoms with E-state index in [9.17, 15) is 0 Å². The molecule has 0 bridgehead atoms. The molecule has 3 aliphatic rings. The molecule has 2 aromatic heterocycles. The van der Waals surface area contributed by atoms with Crippen molar-refractivity contribution in [3.8, 4) is 0 Å². The van der Waals surface area contributed by atoms with E-state index in [1.165, 1.54) is 17.7 Å². The minimum atomic E-state index is 0.224. The molecule has 7 nitrogen and oxygen atoms in total. The Bertz CT molecular complexity index is 913. The summed E-state index contributed by atoms with van der Waals surface area (Å²) in [6.45, 7) is 7.12. The van der Waals surface area contributed by atoms with Crippen LogP contribution < -0.4 is 4.90 Å². The van der Waals surface area contributed by atoms with Gasteiger partial charge in [0.1, 0.15) is 11.6 Å². The maximum Gasteiger partial charge on any atom is 0.132 e. The Balaban J connectivity index is 1.47. The highest BCUT2D eigenvalue weighted by Crippen LogP contribution is 2.43. The van der Waals surface area contributed by atoms with E-state index in [-0.39, 0.29) is 12.1 Å². The molecule has 0 aromatic carbocycles. The third kappa shape index (κ3) is 4.19. The number of hydrogen-bond donors (Lipinski definition) is 0. The van der Waals surface area contributed by atoms with Gasteiger partial charge in [-0.05, 0) is 51.3 Å². The molecule has 3 atom stereocenters. The molecule has 166 valence electrons. The predicted octanol–water partition coefficient (Wildman–Crippen LogP) is 2.77. The molecule has 2 fully saturated rings. The van der Waals surface area contributed by atoms with Crippen LogP contribution in [0, 0.1) is 6.92 Å². The summed E-state index contributed by atoms with van der Waals surface area (Å²) in [6, 6.07) is 7.11. The minimum Gasteiger partial charge on any atom is -0.380 e. The third-order valence-electron chi connectivity index (χ3n) is 7.21. The second-order valence-corrected chi connectivity index (χ2v) is 9.25. The first-order valence-corrected chi connectivity index (χ1v) is 11.6. The number of aromatic nitrogens is 3. The van der Waals surface area contributed by atoms with Crippen molar-refractivity contribution >= 4 is 5.82 Å². The highest BCUT2D eigenvalue weighted by atomic mass is 16.5. The monoisotopic (exact) mass is 422 g/mol. The molecule has 2 aromatic rings. The Morgan fingerprint density at radius 1 is 1.10 bits per heavy atom. The zero-order valence-electron chi connectivity index (χ0n) is 19.0. The zero-order valence-corrected chi connectivity index (χ0v) is 19.0. The van der Waals surface area contributed by atoms with Gasteiger partial charge in [0, 0.05) is 52.1 Å². The number of pyridine rings is 1. The summed E-state index contributed by atoms with van der Waals surface area (Å²) in [4.78, 5) is 21.9. The molecule has 1 aliphatic carbocycles. The molecule has 0 saturated carbocycles. The fraction of sp³-hybridized carbons (Fsp3) is 0.625. The van der Waals surface area contributed by atoms with E-state index in [4.69, 9.17) is 19.7 Å². The van der Waals surface area contributed by atoms with E-state index in [2.05, 4.69) is 39.9 Å². The van der Waals surface area contributed by atoms with Gasteiger partial charge >= 0.3 is 0 Å². The number of hydrogen-bond acceptors (Lipinski definition) is 7. The Morgan fingerprint density at radius 3 is 2.74 bits per heavy atom. The highest BCUT2D eigenvalue weighted by Gasteiger charge is 2.41. The molecule has 2 saturated heterocycles. The maximum absolute atomic E-state index is 5.84. The molecule has 5 rings (SSSR count). The number of fused-ring (bicyclic) bond motifs is 1. The van der Waals surface area contributed by atoms with Gasteiger partial charge in [-0.1, -0.05) is 6.07 Å². The molecular weight excluding hydrogens is 388 g/mol. The van der Waals surface area contributed by atoms with Crippen LogP contribution in [0.25, 0.3) is 0 Å². The van der Waals surface area contributed by atoms with Gasteiger partial charge in [-0.15, -0.1) is 0 Å². The lowest BCUT2D eigenvalue weighted by Crippen LogP contribution is -2.45. The number of likely N-dealkylation sites (N-methyl/N-ethyl adjacent to an activating group) is 1. The lowest BCUT2D eigenvalue weighted by Gasteiger charge is -2.36. The molecule has 0 radical (unpaired) electrons. The number of anilines is 1. The van der Waals surface area contributed by atoms with Gasteiger partial charge in [-0.3, -0.25) is 9.88 Å². The van der Waals surface area contributed by atoms with E-state index in [0.717, 1.165) is 69.3 Å². The van der Waals surface area contributed by atoms with E-state index in [1.807, 2.05) is 20.2 Å². The standard InChI is InChI=1S/C24H34N6O/c1-17-26-20(15-23(27-17)29-12-10-28(2)11-13-29)22-14-19(31-3)16-30(22)21-8-4-6-18-7-5-9-25-24(18)21/h5,7,9,15,19,21-22H,4,6,8,10-14,16H2,1-3H3/t19-,21+,22-/m1/s1. The average molecular weight is 423 g/mol. The van der Waals surface area contributed by atoms with Gasteiger partial charge in [-0.25, -0.2) is 9.97 Å². The van der Waals surface area contributed by atoms with Crippen LogP contribution in [0.4, 0.5) is 5.82 Å². The largest absolute Gasteiger partial charge is 0.380 e. The lowest BCUT2D eigenvalue weighted by molar-refractivity contribution is 0.0951. The van der Waals surface area contributed by atoms with Gasteiger partial charge in [0.25, 0.3) is 0 Å².